The number of hydrogen-bond donors (Lipinski definition) is 0. The third kappa shape index (κ3) is 2.75. The monoisotopic (exact) mass is 347 g/mol. The number of aromatic nitrogens is 2. The van der Waals surface area contributed by atoms with Crippen LogP contribution in [-0.4, -0.2) is 35.1 Å². The van der Waals surface area contributed by atoms with Crippen molar-refractivity contribution in [2.45, 2.75) is 38.3 Å². The van der Waals surface area contributed by atoms with E-state index in [1.807, 2.05) is 18.2 Å². The van der Waals surface area contributed by atoms with Gasteiger partial charge in [0.2, 0.25) is 10.0 Å². The van der Waals surface area contributed by atoms with Crippen LogP contribution in [0.5, 0.6) is 0 Å². The van der Waals surface area contributed by atoms with Gasteiger partial charge >= 0.3 is 0 Å². The quantitative estimate of drug-likeness (QED) is 0.847. The molecule has 2 aliphatic rings. The Morgan fingerprint density at radius 1 is 1.21 bits per heavy atom. The summed E-state index contributed by atoms with van der Waals surface area (Å²) < 4.78 is 27.5. The molecule has 2 aromatic rings. The van der Waals surface area contributed by atoms with Gasteiger partial charge in [0.1, 0.15) is 5.82 Å². The molecule has 1 aliphatic heterocycles. The Hall–Kier alpha value is -1.73. The molecule has 1 aromatic carbocycles. The van der Waals surface area contributed by atoms with Crippen LogP contribution in [0.2, 0.25) is 0 Å². The van der Waals surface area contributed by atoms with E-state index in [4.69, 9.17) is 4.98 Å². The van der Waals surface area contributed by atoms with Crippen LogP contribution >= 0.6 is 0 Å². The molecule has 0 N–H and O–H groups in total. The Balaban J connectivity index is 1.91. The van der Waals surface area contributed by atoms with E-state index in [-0.39, 0.29) is 11.6 Å². The van der Waals surface area contributed by atoms with Crippen molar-refractivity contribution in [3.8, 4) is 0 Å². The highest BCUT2D eigenvalue weighted by Gasteiger charge is 2.36. The van der Waals surface area contributed by atoms with Crippen molar-refractivity contribution in [2.75, 3.05) is 12.8 Å². The predicted octanol–water partition coefficient (Wildman–Crippen LogP) is 1.90. The summed E-state index contributed by atoms with van der Waals surface area (Å²) in [6, 6.07) is 6.97. The van der Waals surface area contributed by atoms with Crippen molar-refractivity contribution in [3.63, 3.8) is 0 Å². The van der Waals surface area contributed by atoms with E-state index >= 15 is 0 Å². The summed E-state index contributed by atoms with van der Waals surface area (Å²) in [5.74, 6) is 1.12. The van der Waals surface area contributed by atoms with Crippen LogP contribution < -0.4 is 5.56 Å². The molecule has 1 saturated carbocycles. The zero-order valence-electron chi connectivity index (χ0n) is 13.7. The minimum atomic E-state index is -3.32. The average molecular weight is 347 g/mol. The fourth-order valence-electron chi connectivity index (χ4n) is 3.57. The summed E-state index contributed by atoms with van der Waals surface area (Å²) in [5, 5.41) is 0.603. The highest BCUT2D eigenvalue weighted by Crippen LogP contribution is 2.35. The van der Waals surface area contributed by atoms with Crippen molar-refractivity contribution in [1.29, 1.82) is 0 Å². The smallest absolute Gasteiger partial charge is 0.261 e. The van der Waals surface area contributed by atoms with Crippen molar-refractivity contribution in [2.24, 2.45) is 5.92 Å². The third-order valence-electron chi connectivity index (χ3n) is 4.96. The highest BCUT2D eigenvalue weighted by atomic mass is 32.2. The Labute approximate surface area is 141 Å². The van der Waals surface area contributed by atoms with Crippen LogP contribution in [0.1, 0.15) is 37.5 Å². The molecule has 128 valence electrons. The molecule has 1 saturated heterocycles. The van der Waals surface area contributed by atoms with E-state index in [1.54, 1.807) is 10.6 Å². The Morgan fingerprint density at radius 2 is 1.96 bits per heavy atom. The molecule has 0 bridgehead atoms. The summed E-state index contributed by atoms with van der Waals surface area (Å²) in [7, 11) is -3.32. The van der Waals surface area contributed by atoms with E-state index in [9.17, 15) is 13.2 Å². The molecule has 6 nitrogen and oxygen atoms in total. The van der Waals surface area contributed by atoms with Gasteiger partial charge < -0.3 is 0 Å². The second-order valence-electron chi connectivity index (χ2n) is 6.88. The molecule has 4 rings (SSSR count). The van der Waals surface area contributed by atoms with Crippen molar-refractivity contribution in [1.82, 2.24) is 13.9 Å². The fraction of sp³-hybridized carbons (Fsp3) is 0.529. The zero-order valence-corrected chi connectivity index (χ0v) is 14.5. The summed E-state index contributed by atoms with van der Waals surface area (Å²) in [4.78, 5) is 17.7. The van der Waals surface area contributed by atoms with Gasteiger partial charge in [-0.1, -0.05) is 12.1 Å². The first kappa shape index (κ1) is 15.8. The van der Waals surface area contributed by atoms with E-state index in [0.29, 0.717) is 42.2 Å². The van der Waals surface area contributed by atoms with E-state index in [0.717, 1.165) is 19.3 Å². The number of para-hydroxylation sites is 1. The number of nitrogens with zero attached hydrogens (tertiary/aromatic N) is 3. The Bertz CT molecular complexity index is 947. The first-order valence-corrected chi connectivity index (χ1v) is 10.3. The van der Waals surface area contributed by atoms with E-state index in [2.05, 4.69) is 0 Å². The fourth-order valence-corrected chi connectivity index (χ4v) is 4.69. The van der Waals surface area contributed by atoms with Crippen molar-refractivity contribution in [3.05, 3.63) is 40.4 Å². The van der Waals surface area contributed by atoms with Crippen LogP contribution in [0.25, 0.3) is 10.9 Å². The largest absolute Gasteiger partial charge is 0.294 e. The van der Waals surface area contributed by atoms with Gasteiger partial charge in [-0.05, 0) is 43.7 Å². The Kier molecular flexibility index (Phi) is 3.73. The lowest BCUT2D eigenvalue weighted by Crippen LogP contribution is -2.35. The minimum absolute atomic E-state index is 0.0529. The maximum Gasteiger partial charge on any atom is 0.261 e. The van der Waals surface area contributed by atoms with Crippen molar-refractivity contribution < 1.29 is 8.42 Å². The molecule has 2 fully saturated rings. The lowest BCUT2D eigenvalue weighted by Gasteiger charge is -2.24. The molecule has 1 atom stereocenters. The van der Waals surface area contributed by atoms with Gasteiger partial charge in [0.25, 0.3) is 5.56 Å². The molecule has 24 heavy (non-hydrogen) atoms. The number of sulfonamides is 1. The van der Waals surface area contributed by atoms with Gasteiger partial charge in [-0.15, -0.1) is 0 Å². The van der Waals surface area contributed by atoms with Gasteiger partial charge in [-0.2, -0.15) is 4.31 Å². The zero-order chi connectivity index (χ0) is 16.9. The SMILES string of the molecule is CS(=O)(=O)N1CCCC1c1nc2ccccc2c(=O)n1CC1CC1. The van der Waals surface area contributed by atoms with Gasteiger partial charge in [0, 0.05) is 13.1 Å². The van der Waals surface area contributed by atoms with Crippen LogP contribution in [0.3, 0.4) is 0 Å². The Morgan fingerprint density at radius 3 is 2.67 bits per heavy atom. The number of rotatable bonds is 4. The van der Waals surface area contributed by atoms with Crippen LogP contribution in [0.4, 0.5) is 0 Å². The summed E-state index contributed by atoms with van der Waals surface area (Å²) in [6.45, 7) is 1.13. The first-order chi connectivity index (χ1) is 11.4. The number of fused-ring (bicyclic) bond motifs is 1. The van der Waals surface area contributed by atoms with Crippen LogP contribution in [-0.2, 0) is 16.6 Å². The molecule has 1 aliphatic carbocycles. The molecule has 1 unspecified atom stereocenters. The molecular formula is C17H21N3O3S. The topological polar surface area (TPSA) is 72.3 Å². The molecule has 1 aromatic heterocycles. The van der Waals surface area contributed by atoms with E-state index < -0.39 is 10.0 Å². The normalized spacial score (nSPS) is 22.3. The highest BCUT2D eigenvalue weighted by molar-refractivity contribution is 7.88. The molecule has 0 amide bonds. The van der Waals surface area contributed by atoms with Gasteiger partial charge in [0.15, 0.2) is 0 Å². The van der Waals surface area contributed by atoms with Crippen LogP contribution in [0, 0.1) is 5.92 Å². The van der Waals surface area contributed by atoms with Crippen LogP contribution in [0.15, 0.2) is 29.1 Å². The van der Waals surface area contributed by atoms with Gasteiger partial charge in [0.05, 0.1) is 23.2 Å². The summed E-state index contributed by atoms with van der Waals surface area (Å²) in [5.41, 5.74) is 0.591. The van der Waals surface area contributed by atoms with E-state index in [1.165, 1.54) is 10.6 Å². The lowest BCUT2D eigenvalue weighted by atomic mass is 10.1. The van der Waals surface area contributed by atoms with Gasteiger partial charge in [-0.3, -0.25) is 9.36 Å². The summed E-state index contributed by atoms with van der Waals surface area (Å²) >= 11 is 0. The maximum absolute atomic E-state index is 13.0. The minimum Gasteiger partial charge on any atom is -0.294 e. The molecule has 0 spiro atoms. The second kappa shape index (κ2) is 5.67. The lowest BCUT2D eigenvalue weighted by molar-refractivity contribution is 0.368. The third-order valence-corrected chi connectivity index (χ3v) is 6.25. The predicted molar refractivity (Wildman–Crippen MR) is 92.3 cm³/mol. The van der Waals surface area contributed by atoms with Gasteiger partial charge in [-0.25, -0.2) is 13.4 Å². The number of hydrogen-bond acceptors (Lipinski definition) is 4. The van der Waals surface area contributed by atoms with Crippen molar-refractivity contribution >= 4 is 20.9 Å². The average Bonchev–Trinajstić information content (AvgIpc) is 3.21. The first-order valence-electron chi connectivity index (χ1n) is 8.41. The molecule has 2 heterocycles. The molecule has 0 radical (unpaired) electrons. The number of benzene rings is 1. The molecule has 7 heteroatoms. The second-order valence-corrected chi connectivity index (χ2v) is 8.81. The summed E-state index contributed by atoms with van der Waals surface area (Å²) in [6.07, 6.45) is 4.99. The maximum atomic E-state index is 13.0. The standard InChI is InChI=1S/C17H21N3O3S/c1-24(22,23)20-10-4-7-15(20)16-18-14-6-3-2-5-13(14)17(21)19(16)11-12-8-9-12/h2-3,5-6,12,15H,4,7-11H2,1H3. The molecular weight excluding hydrogens is 326 g/mol.